The van der Waals surface area contributed by atoms with Crippen molar-refractivity contribution in [2.75, 3.05) is 0 Å². The molecule has 15 heavy (non-hydrogen) atoms. The van der Waals surface area contributed by atoms with E-state index in [2.05, 4.69) is 4.98 Å². The van der Waals surface area contributed by atoms with Crippen LogP contribution >= 0.6 is 10.7 Å². The highest BCUT2D eigenvalue weighted by atomic mass is 35.7. The van der Waals surface area contributed by atoms with E-state index in [4.69, 9.17) is 10.7 Å². The van der Waals surface area contributed by atoms with E-state index < -0.39 is 31.9 Å². The van der Waals surface area contributed by atoms with E-state index in [1.54, 1.807) is 0 Å². The van der Waals surface area contributed by atoms with Crippen LogP contribution in [0.3, 0.4) is 0 Å². The first-order chi connectivity index (χ1) is 6.75. The molecule has 0 atom stereocenters. The maximum absolute atomic E-state index is 13.0. The summed E-state index contributed by atoms with van der Waals surface area (Å²) in [7, 11) is 0.267. The minimum absolute atomic E-state index is 0.134. The Morgan fingerprint density at radius 1 is 1.47 bits per heavy atom. The molecule has 0 spiro atoms. The molecule has 0 saturated carbocycles. The Morgan fingerprint density at radius 2 is 2.00 bits per heavy atom. The lowest BCUT2D eigenvalue weighted by molar-refractivity contribution is 0.145. The Balaban J connectivity index is 3.68. The Kier molecular flexibility index (Phi) is 3.25. The van der Waals surface area contributed by atoms with Crippen LogP contribution in [0.4, 0.5) is 13.2 Å². The Labute approximate surface area is 88.3 Å². The van der Waals surface area contributed by atoms with Gasteiger partial charge in [-0.2, -0.15) is 4.39 Å². The molecular weight excluding hydrogens is 255 g/mol. The lowest BCUT2D eigenvalue weighted by Crippen LogP contribution is -2.06. The number of pyridine rings is 1. The van der Waals surface area contributed by atoms with E-state index in [0.717, 1.165) is 6.20 Å². The van der Waals surface area contributed by atoms with Crippen LogP contribution < -0.4 is 0 Å². The Morgan fingerprint density at radius 3 is 2.33 bits per heavy atom. The summed E-state index contributed by atoms with van der Waals surface area (Å²) in [6.07, 6.45) is -2.31. The van der Waals surface area contributed by atoms with Crippen molar-refractivity contribution in [2.24, 2.45) is 0 Å². The largest absolute Gasteiger partial charge is 0.266 e. The molecule has 0 aromatic carbocycles. The number of halogens is 4. The van der Waals surface area contributed by atoms with E-state index in [0.29, 0.717) is 0 Å². The summed E-state index contributed by atoms with van der Waals surface area (Å²) < 4.78 is 59.7. The molecule has 84 valence electrons. The predicted octanol–water partition coefficient (Wildman–Crippen LogP) is 2.39. The molecule has 0 bridgehead atoms. The summed E-state index contributed by atoms with van der Waals surface area (Å²) in [5.41, 5.74) is -1.08. The molecule has 0 unspecified atom stereocenters. The fraction of sp³-hybridized carbons (Fsp3) is 0.286. The standard InChI is InChI=1S/C7H5ClF3NO2S/c1-3-2-12-7(11)5(15(8,13)14)4(3)6(9)10/h2,6H,1H3. The first-order valence-corrected chi connectivity index (χ1v) is 5.94. The summed E-state index contributed by atoms with van der Waals surface area (Å²) >= 11 is 0. The number of alkyl halides is 2. The maximum Gasteiger partial charge on any atom is 0.266 e. The van der Waals surface area contributed by atoms with Crippen molar-refractivity contribution in [3.8, 4) is 0 Å². The van der Waals surface area contributed by atoms with Crippen LogP contribution in [0.1, 0.15) is 17.6 Å². The van der Waals surface area contributed by atoms with E-state index in [-0.39, 0.29) is 5.56 Å². The molecule has 0 amide bonds. The van der Waals surface area contributed by atoms with Crippen molar-refractivity contribution >= 4 is 19.7 Å². The molecule has 1 rings (SSSR count). The zero-order valence-corrected chi connectivity index (χ0v) is 8.91. The van der Waals surface area contributed by atoms with Gasteiger partial charge < -0.3 is 0 Å². The number of aryl methyl sites for hydroxylation is 1. The van der Waals surface area contributed by atoms with Gasteiger partial charge in [-0.1, -0.05) is 0 Å². The van der Waals surface area contributed by atoms with Crippen LogP contribution in [0.15, 0.2) is 11.1 Å². The highest BCUT2D eigenvalue weighted by molar-refractivity contribution is 8.13. The average molecular weight is 260 g/mol. The topological polar surface area (TPSA) is 47.0 Å². The second kappa shape index (κ2) is 3.97. The van der Waals surface area contributed by atoms with E-state index in [9.17, 15) is 21.6 Å². The molecule has 0 radical (unpaired) electrons. The van der Waals surface area contributed by atoms with Gasteiger partial charge in [0.15, 0.2) is 0 Å². The second-order valence-corrected chi connectivity index (χ2v) is 5.22. The zero-order valence-electron chi connectivity index (χ0n) is 7.34. The molecule has 0 saturated heterocycles. The highest BCUT2D eigenvalue weighted by Crippen LogP contribution is 2.32. The monoisotopic (exact) mass is 259 g/mol. The summed E-state index contributed by atoms with van der Waals surface area (Å²) in [4.78, 5) is 1.77. The van der Waals surface area contributed by atoms with Gasteiger partial charge in [-0.25, -0.2) is 22.2 Å². The number of hydrogen-bond acceptors (Lipinski definition) is 3. The number of nitrogens with zero attached hydrogens (tertiary/aromatic N) is 1. The normalized spacial score (nSPS) is 12.1. The van der Waals surface area contributed by atoms with E-state index >= 15 is 0 Å². The third-order valence-corrected chi connectivity index (χ3v) is 3.03. The van der Waals surface area contributed by atoms with Gasteiger partial charge in [0.2, 0.25) is 5.95 Å². The number of aromatic nitrogens is 1. The quantitative estimate of drug-likeness (QED) is 0.605. The molecule has 1 heterocycles. The van der Waals surface area contributed by atoms with Crippen molar-refractivity contribution in [1.82, 2.24) is 4.98 Å². The van der Waals surface area contributed by atoms with E-state index in [1.807, 2.05) is 0 Å². The molecule has 0 aliphatic carbocycles. The summed E-state index contributed by atoms with van der Waals surface area (Å²) in [5, 5.41) is 0. The number of rotatable bonds is 2. The fourth-order valence-electron chi connectivity index (χ4n) is 1.08. The molecule has 1 aromatic heterocycles. The van der Waals surface area contributed by atoms with Crippen molar-refractivity contribution in [1.29, 1.82) is 0 Å². The van der Waals surface area contributed by atoms with Gasteiger partial charge in [-0.05, 0) is 12.5 Å². The van der Waals surface area contributed by atoms with Gasteiger partial charge in [0.25, 0.3) is 15.5 Å². The van der Waals surface area contributed by atoms with Crippen LogP contribution in [0.5, 0.6) is 0 Å². The molecule has 0 aliphatic rings. The predicted molar refractivity (Wildman–Crippen MR) is 46.9 cm³/mol. The minimum Gasteiger partial charge on any atom is -0.227 e. The fourth-order valence-corrected chi connectivity index (χ4v) is 2.28. The van der Waals surface area contributed by atoms with Crippen molar-refractivity contribution in [3.63, 3.8) is 0 Å². The van der Waals surface area contributed by atoms with Gasteiger partial charge in [-0.3, -0.25) is 0 Å². The third kappa shape index (κ3) is 2.40. The minimum atomic E-state index is -4.58. The molecule has 1 aromatic rings. The average Bonchev–Trinajstić information content (AvgIpc) is 2.05. The lowest BCUT2D eigenvalue weighted by atomic mass is 10.2. The highest BCUT2D eigenvalue weighted by Gasteiger charge is 2.28. The van der Waals surface area contributed by atoms with Gasteiger partial charge in [0.05, 0.1) is 0 Å². The molecule has 8 heteroatoms. The van der Waals surface area contributed by atoms with Gasteiger partial charge >= 0.3 is 0 Å². The Hall–Kier alpha value is -0.820. The van der Waals surface area contributed by atoms with Crippen molar-refractivity contribution in [2.45, 2.75) is 18.2 Å². The first-order valence-electron chi connectivity index (χ1n) is 3.63. The smallest absolute Gasteiger partial charge is 0.227 e. The van der Waals surface area contributed by atoms with Crippen molar-refractivity contribution < 1.29 is 21.6 Å². The van der Waals surface area contributed by atoms with Crippen LogP contribution in [0.2, 0.25) is 0 Å². The van der Waals surface area contributed by atoms with Crippen LogP contribution in [-0.4, -0.2) is 13.4 Å². The van der Waals surface area contributed by atoms with Crippen molar-refractivity contribution in [3.05, 3.63) is 23.3 Å². The summed E-state index contributed by atoms with van der Waals surface area (Å²) in [6, 6.07) is 0. The van der Waals surface area contributed by atoms with Gasteiger partial charge in [0.1, 0.15) is 4.90 Å². The molecule has 0 fully saturated rings. The Bertz CT molecular complexity index is 489. The van der Waals surface area contributed by atoms with Gasteiger partial charge in [-0.15, -0.1) is 0 Å². The van der Waals surface area contributed by atoms with E-state index in [1.165, 1.54) is 6.92 Å². The zero-order chi connectivity index (χ0) is 11.8. The van der Waals surface area contributed by atoms with Gasteiger partial charge in [0, 0.05) is 22.4 Å². The maximum atomic E-state index is 13.0. The molecular formula is C7H5ClF3NO2S. The summed E-state index contributed by atoms with van der Waals surface area (Å²) in [6.45, 7) is 1.19. The molecule has 3 nitrogen and oxygen atoms in total. The van der Waals surface area contributed by atoms with Crippen LogP contribution in [0.25, 0.3) is 0 Å². The summed E-state index contributed by atoms with van der Waals surface area (Å²) in [5.74, 6) is -1.52. The first kappa shape index (κ1) is 12.3. The molecule has 0 N–H and O–H groups in total. The lowest BCUT2D eigenvalue weighted by Gasteiger charge is -2.08. The third-order valence-electron chi connectivity index (χ3n) is 1.69. The number of hydrogen-bond donors (Lipinski definition) is 0. The SMILES string of the molecule is Cc1cnc(F)c(S(=O)(=O)Cl)c1C(F)F. The van der Waals surface area contributed by atoms with Crippen LogP contribution in [0, 0.1) is 12.9 Å². The molecule has 0 aliphatic heterocycles. The second-order valence-electron chi connectivity index (χ2n) is 2.71. The van der Waals surface area contributed by atoms with Crippen LogP contribution in [-0.2, 0) is 9.05 Å².